The molecule has 1 aliphatic heterocycles. The predicted octanol–water partition coefficient (Wildman–Crippen LogP) is 0.488. The van der Waals surface area contributed by atoms with E-state index in [1.165, 1.54) is 4.68 Å². The predicted molar refractivity (Wildman–Crippen MR) is 61.8 cm³/mol. The summed E-state index contributed by atoms with van der Waals surface area (Å²) >= 11 is 0. The molecule has 0 aromatic carbocycles. The Labute approximate surface area is 94.6 Å². The Hall–Kier alpha value is -1.36. The van der Waals surface area contributed by atoms with Gasteiger partial charge in [0.25, 0.3) is 5.56 Å². The topological polar surface area (TPSA) is 50.7 Å². The van der Waals surface area contributed by atoms with Gasteiger partial charge in [-0.15, -0.1) is 0 Å². The summed E-state index contributed by atoms with van der Waals surface area (Å²) in [5, 5.41) is 4.14. The highest BCUT2D eigenvalue weighted by Crippen LogP contribution is 2.11. The lowest BCUT2D eigenvalue weighted by Gasteiger charge is -2.17. The fourth-order valence-corrected chi connectivity index (χ4v) is 1.60. The van der Waals surface area contributed by atoms with Gasteiger partial charge in [-0.1, -0.05) is 6.92 Å². The highest BCUT2D eigenvalue weighted by Gasteiger charge is 2.23. The summed E-state index contributed by atoms with van der Waals surface area (Å²) in [4.78, 5) is 13.8. The van der Waals surface area contributed by atoms with E-state index in [0.717, 1.165) is 25.3 Å². The van der Waals surface area contributed by atoms with E-state index in [9.17, 15) is 4.79 Å². The molecule has 0 aliphatic carbocycles. The van der Waals surface area contributed by atoms with Crippen LogP contribution in [0.3, 0.4) is 0 Å². The van der Waals surface area contributed by atoms with Gasteiger partial charge in [-0.2, -0.15) is 5.10 Å². The summed E-state index contributed by atoms with van der Waals surface area (Å²) in [5.41, 5.74) is 0.816. The zero-order valence-electron chi connectivity index (χ0n) is 9.72. The van der Waals surface area contributed by atoms with Crippen molar-refractivity contribution in [2.45, 2.75) is 26.0 Å². The van der Waals surface area contributed by atoms with Crippen molar-refractivity contribution in [3.8, 4) is 0 Å². The van der Waals surface area contributed by atoms with Gasteiger partial charge < -0.3 is 9.64 Å². The molecule has 5 heteroatoms. The summed E-state index contributed by atoms with van der Waals surface area (Å²) in [6.45, 7) is 4.34. The molecule has 0 amide bonds. The van der Waals surface area contributed by atoms with Crippen LogP contribution in [0.5, 0.6) is 0 Å². The average Bonchev–Trinajstić information content (AvgIpc) is 3.05. The maximum absolute atomic E-state index is 11.7. The van der Waals surface area contributed by atoms with E-state index < -0.39 is 0 Å². The van der Waals surface area contributed by atoms with Crippen molar-refractivity contribution in [2.75, 3.05) is 25.1 Å². The second-order valence-electron chi connectivity index (χ2n) is 4.11. The SMILES string of the molecule is CCCN(C)c1cnn(CC2CO2)c(=O)c1. The molecule has 0 spiro atoms. The first kappa shape index (κ1) is 11.1. The normalized spacial score (nSPS) is 18.5. The Bertz CT molecular complexity index is 412. The smallest absolute Gasteiger partial charge is 0.268 e. The summed E-state index contributed by atoms with van der Waals surface area (Å²) in [6, 6.07) is 1.63. The fraction of sp³-hybridized carbons (Fsp3) is 0.636. The van der Waals surface area contributed by atoms with Crippen LogP contribution in [-0.2, 0) is 11.3 Å². The van der Waals surface area contributed by atoms with Gasteiger partial charge in [0.05, 0.1) is 25.0 Å². The molecule has 1 aromatic rings. The van der Waals surface area contributed by atoms with Crippen LogP contribution >= 0.6 is 0 Å². The van der Waals surface area contributed by atoms with Crippen LogP contribution in [0.1, 0.15) is 13.3 Å². The minimum absolute atomic E-state index is 0.0593. The second-order valence-corrected chi connectivity index (χ2v) is 4.11. The van der Waals surface area contributed by atoms with E-state index in [-0.39, 0.29) is 11.7 Å². The van der Waals surface area contributed by atoms with Crippen molar-refractivity contribution in [3.63, 3.8) is 0 Å². The molecule has 0 bridgehead atoms. The molecule has 16 heavy (non-hydrogen) atoms. The molecule has 2 rings (SSSR count). The number of hydrogen-bond acceptors (Lipinski definition) is 4. The average molecular weight is 223 g/mol. The lowest BCUT2D eigenvalue weighted by molar-refractivity contribution is 0.368. The molecule has 5 nitrogen and oxygen atoms in total. The number of aromatic nitrogens is 2. The van der Waals surface area contributed by atoms with Crippen LogP contribution in [0.25, 0.3) is 0 Å². The first-order valence-electron chi connectivity index (χ1n) is 5.60. The molecule has 88 valence electrons. The van der Waals surface area contributed by atoms with Crippen molar-refractivity contribution >= 4 is 5.69 Å². The quantitative estimate of drug-likeness (QED) is 0.682. The van der Waals surface area contributed by atoms with Gasteiger partial charge in [-0.25, -0.2) is 4.68 Å². The van der Waals surface area contributed by atoms with Gasteiger partial charge in [0, 0.05) is 19.7 Å². The molecule has 1 aromatic heterocycles. The number of anilines is 1. The number of hydrogen-bond donors (Lipinski definition) is 0. The Morgan fingerprint density at radius 1 is 1.69 bits per heavy atom. The van der Waals surface area contributed by atoms with Crippen LogP contribution in [0.4, 0.5) is 5.69 Å². The molecular weight excluding hydrogens is 206 g/mol. The lowest BCUT2D eigenvalue weighted by Crippen LogP contribution is -2.27. The number of rotatable bonds is 5. The van der Waals surface area contributed by atoms with Crippen LogP contribution < -0.4 is 10.5 Å². The molecule has 1 aliphatic rings. The zero-order valence-corrected chi connectivity index (χ0v) is 9.72. The lowest BCUT2D eigenvalue weighted by atomic mass is 10.3. The number of ether oxygens (including phenoxy) is 1. The summed E-state index contributed by atoms with van der Waals surface area (Å²) in [7, 11) is 1.97. The third-order valence-corrected chi connectivity index (χ3v) is 2.63. The van der Waals surface area contributed by atoms with Crippen molar-refractivity contribution in [1.82, 2.24) is 9.78 Å². The maximum atomic E-state index is 11.7. The largest absolute Gasteiger partial charge is 0.373 e. The molecule has 0 saturated carbocycles. The van der Waals surface area contributed by atoms with E-state index in [0.29, 0.717) is 6.54 Å². The van der Waals surface area contributed by atoms with Crippen molar-refractivity contribution in [1.29, 1.82) is 0 Å². The van der Waals surface area contributed by atoms with Crippen molar-refractivity contribution < 1.29 is 4.74 Å². The van der Waals surface area contributed by atoms with Gasteiger partial charge in [-0.3, -0.25) is 4.79 Å². The van der Waals surface area contributed by atoms with Crippen LogP contribution in [0.15, 0.2) is 17.1 Å². The van der Waals surface area contributed by atoms with Gasteiger partial charge in [0.1, 0.15) is 6.10 Å². The first-order chi connectivity index (χ1) is 7.70. The zero-order chi connectivity index (χ0) is 11.5. The standard InChI is InChI=1S/C11H17N3O2/c1-3-4-13(2)9-5-11(15)14(12-6-9)7-10-8-16-10/h5-6,10H,3-4,7-8H2,1-2H3. The van der Waals surface area contributed by atoms with Gasteiger partial charge in [0.15, 0.2) is 0 Å². The number of nitrogens with zero attached hydrogens (tertiary/aromatic N) is 3. The first-order valence-corrected chi connectivity index (χ1v) is 5.60. The molecule has 1 saturated heterocycles. The van der Waals surface area contributed by atoms with Gasteiger partial charge >= 0.3 is 0 Å². The third-order valence-electron chi connectivity index (χ3n) is 2.63. The van der Waals surface area contributed by atoms with Crippen molar-refractivity contribution in [3.05, 3.63) is 22.6 Å². The van der Waals surface area contributed by atoms with Crippen LogP contribution in [-0.4, -0.2) is 36.1 Å². The van der Waals surface area contributed by atoms with Gasteiger partial charge in [-0.05, 0) is 6.42 Å². The van der Waals surface area contributed by atoms with Crippen LogP contribution in [0.2, 0.25) is 0 Å². The van der Waals surface area contributed by atoms with E-state index in [4.69, 9.17) is 4.74 Å². The highest BCUT2D eigenvalue weighted by molar-refractivity contribution is 5.41. The third kappa shape index (κ3) is 2.61. The number of epoxide rings is 1. The van der Waals surface area contributed by atoms with E-state index in [2.05, 4.69) is 12.0 Å². The molecule has 2 heterocycles. The Morgan fingerprint density at radius 2 is 2.44 bits per heavy atom. The van der Waals surface area contributed by atoms with Crippen LogP contribution in [0, 0.1) is 0 Å². The minimum Gasteiger partial charge on any atom is -0.373 e. The summed E-state index contributed by atoms with van der Waals surface area (Å²) < 4.78 is 6.53. The molecule has 0 N–H and O–H groups in total. The molecular formula is C11H17N3O2. The monoisotopic (exact) mass is 223 g/mol. The molecule has 1 atom stereocenters. The fourth-order valence-electron chi connectivity index (χ4n) is 1.60. The Balaban J connectivity index is 2.11. The van der Waals surface area contributed by atoms with Gasteiger partial charge in [0.2, 0.25) is 0 Å². The second kappa shape index (κ2) is 4.65. The Kier molecular flexibility index (Phi) is 3.24. The van der Waals surface area contributed by atoms with E-state index >= 15 is 0 Å². The Morgan fingerprint density at radius 3 is 3.00 bits per heavy atom. The van der Waals surface area contributed by atoms with E-state index in [1.807, 2.05) is 11.9 Å². The van der Waals surface area contributed by atoms with E-state index in [1.54, 1.807) is 12.3 Å². The maximum Gasteiger partial charge on any atom is 0.268 e. The van der Waals surface area contributed by atoms with Crippen molar-refractivity contribution in [2.24, 2.45) is 0 Å². The molecule has 1 fully saturated rings. The summed E-state index contributed by atoms with van der Waals surface area (Å²) in [6.07, 6.45) is 2.97. The minimum atomic E-state index is -0.0593. The highest BCUT2D eigenvalue weighted by atomic mass is 16.6. The summed E-state index contributed by atoms with van der Waals surface area (Å²) in [5.74, 6) is 0. The molecule has 1 unspecified atom stereocenters. The molecule has 0 radical (unpaired) electrons.